The largest absolute Gasteiger partial charge is 0.341 e. The third kappa shape index (κ3) is 3.94. The first-order valence-electron chi connectivity index (χ1n) is 11.9. The van der Waals surface area contributed by atoms with Crippen LogP contribution in [0.25, 0.3) is 21.9 Å². The van der Waals surface area contributed by atoms with E-state index in [1.165, 1.54) is 9.13 Å². The van der Waals surface area contributed by atoms with Gasteiger partial charge < -0.3 is 10.6 Å². The molecule has 2 aromatic carbocycles. The predicted octanol–water partition coefficient (Wildman–Crippen LogP) is 1.92. The van der Waals surface area contributed by atoms with Gasteiger partial charge in [0.1, 0.15) is 0 Å². The molecule has 182 valence electrons. The maximum atomic E-state index is 13.9. The Morgan fingerprint density at radius 1 is 1.19 bits per heavy atom. The number of imidazole rings is 1. The standard InChI is InChI=1S/C27H27N7O2/c1-3-4-12-33-23-24(30-26(33)32-11-7-9-21(29)17-32)31(2)27(36)34(25(23)35)16-20-14-18(15-28)13-19-8-5-6-10-22(19)20/h5-6,8,10,13-14,21H,7,9,11-12,16-17,29H2,1-2H3. The zero-order valence-electron chi connectivity index (χ0n) is 20.4. The number of anilines is 1. The number of aryl methyl sites for hydroxylation is 1. The van der Waals surface area contributed by atoms with Crippen LogP contribution in [0.15, 0.2) is 46.0 Å². The lowest BCUT2D eigenvalue weighted by molar-refractivity contribution is 0.496. The zero-order chi connectivity index (χ0) is 25.4. The fourth-order valence-electron chi connectivity index (χ4n) is 5.00. The van der Waals surface area contributed by atoms with Gasteiger partial charge in [-0.25, -0.2) is 4.79 Å². The molecule has 9 nitrogen and oxygen atoms in total. The average molecular weight is 482 g/mol. The maximum Gasteiger partial charge on any atom is 0.332 e. The summed E-state index contributed by atoms with van der Waals surface area (Å²) in [6.07, 6.45) is 1.86. The van der Waals surface area contributed by atoms with Crippen molar-refractivity contribution >= 4 is 27.9 Å². The second kappa shape index (κ2) is 9.37. The Kier molecular flexibility index (Phi) is 6.09. The Hall–Kier alpha value is -4.34. The van der Waals surface area contributed by atoms with Gasteiger partial charge in [-0.05, 0) is 48.2 Å². The Morgan fingerprint density at radius 3 is 2.75 bits per heavy atom. The molecule has 2 aromatic heterocycles. The van der Waals surface area contributed by atoms with Gasteiger partial charge in [0.2, 0.25) is 5.95 Å². The molecule has 1 saturated heterocycles. The summed E-state index contributed by atoms with van der Waals surface area (Å²) < 4.78 is 4.43. The lowest BCUT2D eigenvalue weighted by atomic mass is 10.0. The summed E-state index contributed by atoms with van der Waals surface area (Å²) in [7, 11) is 1.62. The van der Waals surface area contributed by atoms with E-state index in [0.717, 1.165) is 35.7 Å². The number of aromatic nitrogens is 4. The van der Waals surface area contributed by atoms with Crippen molar-refractivity contribution < 1.29 is 0 Å². The van der Waals surface area contributed by atoms with Gasteiger partial charge in [0, 0.05) is 26.2 Å². The topological polar surface area (TPSA) is 115 Å². The molecule has 1 fully saturated rings. The van der Waals surface area contributed by atoms with Crippen LogP contribution in [0.5, 0.6) is 0 Å². The first-order chi connectivity index (χ1) is 17.4. The summed E-state index contributed by atoms with van der Waals surface area (Å²) in [6.45, 7) is 3.45. The molecule has 0 bridgehead atoms. The van der Waals surface area contributed by atoms with Gasteiger partial charge >= 0.3 is 5.69 Å². The predicted molar refractivity (Wildman–Crippen MR) is 140 cm³/mol. The van der Waals surface area contributed by atoms with Crippen molar-refractivity contribution in [3.05, 3.63) is 68.4 Å². The van der Waals surface area contributed by atoms with Crippen molar-refractivity contribution in [2.75, 3.05) is 18.0 Å². The van der Waals surface area contributed by atoms with Crippen LogP contribution < -0.4 is 21.9 Å². The molecule has 0 radical (unpaired) electrons. The highest BCUT2D eigenvalue weighted by Gasteiger charge is 2.26. The molecule has 1 aliphatic heterocycles. The van der Waals surface area contributed by atoms with E-state index >= 15 is 0 Å². The number of rotatable bonds is 4. The van der Waals surface area contributed by atoms with E-state index in [-0.39, 0.29) is 19.1 Å². The molecule has 36 heavy (non-hydrogen) atoms. The van der Waals surface area contributed by atoms with Gasteiger partial charge in [-0.1, -0.05) is 30.2 Å². The van der Waals surface area contributed by atoms with Gasteiger partial charge in [-0.2, -0.15) is 10.2 Å². The van der Waals surface area contributed by atoms with Crippen LogP contribution in [0.4, 0.5) is 5.95 Å². The highest BCUT2D eigenvalue weighted by atomic mass is 16.2. The average Bonchev–Trinajstić information content (AvgIpc) is 3.28. The Balaban J connectivity index is 1.73. The fourth-order valence-corrected chi connectivity index (χ4v) is 5.00. The van der Waals surface area contributed by atoms with Crippen LogP contribution in [-0.4, -0.2) is 37.8 Å². The summed E-state index contributed by atoms with van der Waals surface area (Å²) in [6, 6.07) is 13.4. The van der Waals surface area contributed by atoms with Crippen molar-refractivity contribution in [1.29, 1.82) is 5.26 Å². The quantitative estimate of drug-likeness (QED) is 0.446. The summed E-state index contributed by atoms with van der Waals surface area (Å²) in [5.74, 6) is 6.54. The Morgan fingerprint density at radius 2 is 2.00 bits per heavy atom. The first-order valence-corrected chi connectivity index (χ1v) is 11.9. The van der Waals surface area contributed by atoms with Crippen molar-refractivity contribution in [3.8, 4) is 17.9 Å². The van der Waals surface area contributed by atoms with Crippen molar-refractivity contribution in [2.24, 2.45) is 12.8 Å². The number of nitriles is 1. The van der Waals surface area contributed by atoms with Gasteiger partial charge in [0.25, 0.3) is 5.56 Å². The van der Waals surface area contributed by atoms with E-state index < -0.39 is 11.2 Å². The molecule has 0 amide bonds. The maximum absolute atomic E-state index is 13.9. The minimum Gasteiger partial charge on any atom is -0.341 e. The molecule has 4 aromatic rings. The molecule has 9 heteroatoms. The van der Waals surface area contributed by atoms with Crippen LogP contribution in [0, 0.1) is 23.2 Å². The summed E-state index contributed by atoms with van der Waals surface area (Å²) in [5, 5.41) is 11.3. The SMILES string of the molecule is CC#CCn1c(N2CCCC(N)C2)nc2c1c(=O)n(Cc1cc(C#N)cc3ccccc13)c(=O)n2C. The second-order valence-electron chi connectivity index (χ2n) is 9.15. The summed E-state index contributed by atoms with van der Waals surface area (Å²) in [4.78, 5) is 34.1. The van der Waals surface area contributed by atoms with Gasteiger partial charge in [0.15, 0.2) is 11.2 Å². The van der Waals surface area contributed by atoms with E-state index in [1.54, 1.807) is 30.7 Å². The molecular weight excluding hydrogens is 454 g/mol. The van der Waals surface area contributed by atoms with Gasteiger partial charge in [-0.15, -0.1) is 5.92 Å². The van der Waals surface area contributed by atoms with E-state index in [4.69, 9.17) is 10.7 Å². The number of piperidine rings is 1. The molecule has 1 aliphatic rings. The third-order valence-electron chi connectivity index (χ3n) is 6.77. The molecule has 1 unspecified atom stereocenters. The number of fused-ring (bicyclic) bond motifs is 2. The molecule has 3 heterocycles. The van der Waals surface area contributed by atoms with Crippen molar-refractivity contribution in [3.63, 3.8) is 0 Å². The minimum atomic E-state index is -0.466. The van der Waals surface area contributed by atoms with Crippen molar-refractivity contribution in [1.82, 2.24) is 18.7 Å². The molecular formula is C27H27N7O2. The van der Waals surface area contributed by atoms with Gasteiger partial charge in [0.05, 0.1) is 24.7 Å². The Bertz CT molecular complexity index is 1710. The summed E-state index contributed by atoms with van der Waals surface area (Å²) in [5.41, 5.74) is 7.17. The van der Waals surface area contributed by atoms with Crippen LogP contribution in [-0.2, 0) is 20.1 Å². The lowest BCUT2D eigenvalue weighted by Gasteiger charge is -2.31. The van der Waals surface area contributed by atoms with E-state index in [1.807, 2.05) is 24.3 Å². The molecule has 0 spiro atoms. The smallest absolute Gasteiger partial charge is 0.332 e. The normalized spacial score (nSPS) is 15.6. The number of benzene rings is 2. The zero-order valence-corrected chi connectivity index (χ0v) is 20.4. The second-order valence-corrected chi connectivity index (χ2v) is 9.15. The molecule has 2 N–H and O–H groups in total. The van der Waals surface area contributed by atoms with Crippen LogP contribution in [0.3, 0.4) is 0 Å². The minimum absolute atomic E-state index is 0.0189. The summed E-state index contributed by atoms with van der Waals surface area (Å²) >= 11 is 0. The third-order valence-corrected chi connectivity index (χ3v) is 6.77. The fraction of sp³-hybridized carbons (Fsp3) is 0.333. The molecule has 0 saturated carbocycles. The van der Waals surface area contributed by atoms with E-state index in [9.17, 15) is 14.9 Å². The van der Waals surface area contributed by atoms with E-state index in [2.05, 4.69) is 22.8 Å². The highest BCUT2D eigenvalue weighted by molar-refractivity contribution is 5.87. The highest BCUT2D eigenvalue weighted by Crippen LogP contribution is 2.24. The van der Waals surface area contributed by atoms with Crippen molar-refractivity contribution in [2.45, 2.75) is 38.9 Å². The molecule has 0 aliphatic carbocycles. The van der Waals surface area contributed by atoms with E-state index in [0.29, 0.717) is 29.2 Å². The van der Waals surface area contributed by atoms with Crippen LogP contribution >= 0.6 is 0 Å². The Labute approximate surface area is 208 Å². The number of hydrogen-bond donors (Lipinski definition) is 1. The first kappa shape index (κ1) is 23.4. The molecule has 1 atom stereocenters. The number of hydrogen-bond acceptors (Lipinski definition) is 6. The molecule has 5 rings (SSSR count). The number of nitrogens with two attached hydrogens (primary N) is 1. The number of nitrogens with zero attached hydrogens (tertiary/aromatic N) is 6. The van der Waals surface area contributed by atoms with Crippen LogP contribution in [0.2, 0.25) is 0 Å². The monoisotopic (exact) mass is 481 g/mol. The lowest BCUT2D eigenvalue weighted by Crippen LogP contribution is -2.44. The van der Waals surface area contributed by atoms with Crippen LogP contribution in [0.1, 0.15) is 30.9 Å². The van der Waals surface area contributed by atoms with Gasteiger partial charge in [-0.3, -0.25) is 18.5 Å².